The monoisotopic (exact) mass is 471 g/mol. The number of benzene rings is 1. The summed E-state index contributed by atoms with van der Waals surface area (Å²) in [6, 6.07) is 3.40. The van der Waals surface area contributed by atoms with Crippen molar-refractivity contribution in [3.8, 4) is 17.2 Å². The number of aromatic nitrogens is 2. The van der Waals surface area contributed by atoms with Crippen LogP contribution >= 0.6 is 11.3 Å². The van der Waals surface area contributed by atoms with E-state index in [4.69, 9.17) is 14.2 Å². The molecule has 0 aliphatic heterocycles. The summed E-state index contributed by atoms with van der Waals surface area (Å²) >= 11 is 1.54. The second-order valence-electron chi connectivity index (χ2n) is 9.67. The lowest BCUT2D eigenvalue weighted by Gasteiger charge is -2.55. The molecule has 1 heterocycles. The Kier molecular flexibility index (Phi) is 6.20. The molecule has 4 fully saturated rings. The molecule has 1 aromatic carbocycles. The Balaban J connectivity index is 1.36. The van der Waals surface area contributed by atoms with Crippen LogP contribution in [0, 0.1) is 17.8 Å². The zero-order valence-corrected chi connectivity index (χ0v) is 20.5. The molecular weight excluding hydrogens is 438 g/mol. The number of rotatable bonds is 9. The van der Waals surface area contributed by atoms with Crippen LogP contribution in [0.25, 0.3) is 0 Å². The Bertz CT molecular complexity index is 959. The van der Waals surface area contributed by atoms with Gasteiger partial charge in [0, 0.05) is 11.0 Å². The van der Waals surface area contributed by atoms with Crippen molar-refractivity contribution in [3.63, 3.8) is 0 Å². The third-order valence-corrected chi connectivity index (χ3v) is 8.39. The van der Waals surface area contributed by atoms with Crippen molar-refractivity contribution in [2.75, 3.05) is 25.1 Å². The Morgan fingerprint density at radius 2 is 1.48 bits per heavy atom. The van der Waals surface area contributed by atoms with Crippen LogP contribution in [-0.4, -0.2) is 35.9 Å². The predicted octanol–water partition coefficient (Wildman–Crippen LogP) is 5.45. The Morgan fingerprint density at radius 3 is 2.00 bits per heavy atom. The van der Waals surface area contributed by atoms with Crippen LogP contribution in [0.5, 0.6) is 17.2 Å². The maximum absolute atomic E-state index is 13.1. The molecule has 0 radical (unpaired) electrons. The van der Waals surface area contributed by atoms with Crippen molar-refractivity contribution in [1.29, 1.82) is 0 Å². The van der Waals surface area contributed by atoms with E-state index in [0.717, 1.165) is 22.8 Å². The molecule has 0 spiro atoms. The van der Waals surface area contributed by atoms with E-state index in [0.29, 0.717) is 47.8 Å². The molecule has 4 aliphatic rings. The molecule has 33 heavy (non-hydrogen) atoms. The number of ether oxygens (including phenoxy) is 3. The van der Waals surface area contributed by atoms with Crippen molar-refractivity contribution in [1.82, 2.24) is 10.2 Å². The Morgan fingerprint density at radius 1 is 0.939 bits per heavy atom. The zero-order valence-electron chi connectivity index (χ0n) is 19.7. The number of carbonyl (C=O) groups excluding carboxylic acids is 1. The molecule has 2 aromatic rings. The van der Waals surface area contributed by atoms with E-state index >= 15 is 0 Å². The highest BCUT2D eigenvalue weighted by Crippen LogP contribution is 2.61. The third-order valence-electron chi connectivity index (χ3n) is 7.31. The van der Waals surface area contributed by atoms with E-state index in [2.05, 4.69) is 15.5 Å². The quantitative estimate of drug-likeness (QED) is 0.523. The summed E-state index contributed by atoms with van der Waals surface area (Å²) in [5, 5.41) is 13.5. The maximum atomic E-state index is 13.1. The van der Waals surface area contributed by atoms with Gasteiger partial charge in [-0.25, -0.2) is 0 Å². The molecule has 8 heteroatoms. The lowest BCUT2D eigenvalue weighted by molar-refractivity contribution is -0.00555. The fourth-order valence-corrected chi connectivity index (χ4v) is 7.51. The zero-order chi connectivity index (χ0) is 23.0. The van der Waals surface area contributed by atoms with E-state index in [1.807, 2.05) is 20.8 Å². The molecule has 1 aromatic heterocycles. The Hall–Kier alpha value is -2.35. The molecule has 4 bridgehead atoms. The van der Waals surface area contributed by atoms with E-state index in [9.17, 15) is 4.79 Å². The van der Waals surface area contributed by atoms with Gasteiger partial charge in [0.1, 0.15) is 5.01 Å². The maximum Gasteiger partial charge on any atom is 0.257 e. The van der Waals surface area contributed by atoms with Crippen molar-refractivity contribution >= 4 is 22.4 Å². The Labute approximate surface area is 199 Å². The van der Waals surface area contributed by atoms with E-state index in [1.54, 1.807) is 23.5 Å². The SMILES string of the molecule is CCOc1cc(C(=O)Nc2nnc(C34CC5CC(CC(C5)C3)C4)s2)cc(OCC)c1OCC. The van der Waals surface area contributed by atoms with Crippen molar-refractivity contribution in [2.24, 2.45) is 17.8 Å². The summed E-state index contributed by atoms with van der Waals surface area (Å²) < 4.78 is 17.2. The highest BCUT2D eigenvalue weighted by Gasteiger charge is 2.53. The van der Waals surface area contributed by atoms with E-state index in [-0.39, 0.29) is 11.3 Å². The van der Waals surface area contributed by atoms with Crippen LogP contribution in [0.1, 0.15) is 74.7 Å². The minimum atomic E-state index is -0.256. The van der Waals surface area contributed by atoms with Gasteiger partial charge in [-0.2, -0.15) is 0 Å². The number of amides is 1. The highest BCUT2D eigenvalue weighted by atomic mass is 32.1. The van der Waals surface area contributed by atoms with Gasteiger partial charge >= 0.3 is 0 Å². The number of anilines is 1. The largest absolute Gasteiger partial charge is 0.490 e. The van der Waals surface area contributed by atoms with Gasteiger partial charge in [0.05, 0.1) is 19.8 Å². The molecular formula is C25H33N3O4S. The predicted molar refractivity (Wildman–Crippen MR) is 128 cm³/mol. The first kappa shape index (κ1) is 22.4. The molecule has 4 aliphatic carbocycles. The van der Waals surface area contributed by atoms with E-state index < -0.39 is 0 Å². The first-order chi connectivity index (χ1) is 16.0. The van der Waals surface area contributed by atoms with Crippen LogP contribution in [0.2, 0.25) is 0 Å². The topological polar surface area (TPSA) is 82.6 Å². The third kappa shape index (κ3) is 4.29. The second-order valence-corrected chi connectivity index (χ2v) is 10.6. The molecule has 178 valence electrons. The summed E-state index contributed by atoms with van der Waals surface area (Å²) in [6.07, 6.45) is 7.87. The number of hydrogen-bond acceptors (Lipinski definition) is 7. The van der Waals surface area contributed by atoms with E-state index in [1.165, 1.54) is 38.5 Å². The first-order valence-corrected chi connectivity index (χ1v) is 13.1. The fraction of sp³-hybridized carbons (Fsp3) is 0.640. The van der Waals surface area contributed by atoms with Crippen LogP contribution in [-0.2, 0) is 5.41 Å². The lowest BCUT2D eigenvalue weighted by Crippen LogP contribution is -2.48. The minimum absolute atomic E-state index is 0.179. The van der Waals surface area contributed by atoms with Gasteiger partial charge in [-0.15, -0.1) is 10.2 Å². The van der Waals surface area contributed by atoms with Crippen molar-refractivity contribution < 1.29 is 19.0 Å². The summed E-state index contributed by atoms with van der Waals surface area (Å²) in [5.41, 5.74) is 0.621. The van der Waals surface area contributed by atoms with Crippen molar-refractivity contribution in [2.45, 2.75) is 64.7 Å². The minimum Gasteiger partial charge on any atom is -0.490 e. The van der Waals surface area contributed by atoms with Crippen LogP contribution in [0.4, 0.5) is 5.13 Å². The van der Waals surface area contributed by atoms with Crippen LogP contribution in [0.3, 0.4) is 0 Å². The van der Waals surface area contributed by atoms with Gasteiger partial charge in [0.2, 0.25) is 10.9 Å². The lowest BCUT2D eigenvalue weighted by atomic mass is 9.50. The van der Waals surface area contributed by atoms with Crippen molar-refractivity contribution in [3.05, 3.63) is 22.7 Å². The molecule has 1 N–H and O–H groups in total. The second kappa shape index (κ2) is 9.12. The molecule has 0 saturated heterocycles. The van der Waals surface area contributed by atoms with Gasteiger partial charge in [-0.05, 0) is 89.2 Å². The molecule has 4 saturated carbocycles. The average Bonchev–Trinajstić information content (AvgIpc) is 3.24. The van der Waals surface area contributed by atoms with Gasteiger partial charge in [-0.1, -0.05) is 11.3 Å². The molecule has 0 atom stereocenters. The number of nitrogens with one attached hydrogen (secondary N) is 1. The highest BCUT2D eigenvalue weighted by molar-refractivity contribution is 7.15. The normalized spacial score (nSPS) is 27.4. The number of nitrogens with zero attached hydrogens (tertiary/aromatic N) is 2. The summed E-state index contributed by atoms with van der Waals surface area (Å²) in [6.45, 7) is 7.10. The van der Waals surface area contributed by atoms with Crippen LogP contribution in [0.15, 0.2) is 12.1 Å². The molecule has 0 unspecified atom stereocenters. The first-order valence-electron chi connectivity index (χ1n) is 12.2. The van der Waals surface area contributed by atoms with Gasteiger partial charge in [0.25, 0.3) is 5.91 Å². The van der Waals surface area contributed by atoms with Gasteiger partial charge < -0.3 is 14.2 Å². The molecule has 1 amide bonds. The smallest absolute Gasteiger partial charge is 0.257 e. The standard InChI is InChI=1S/C25H33N3O4S/c1-4-30-19-10-18(11-20(31-5-2)21(19)32-6-3)22(29)26-24-28-27-23(33-24)25-12-15-7-16(13-25)9-17(8-15)14-25/h10-11,15-17H,4-9,12-14H2,1-3H3,(H,26,28,29). The number of carbonyl (C=O) groups is 1. The molecule has 6 rings (SSSR count). The number of hydrogen-bond donors (Lipinski definition) is 1. The average molecular weight is 472 g/mol. The summed E-state index contributed by atoms with van der Waals surface area (Å²) in [4.78, 5) is 13.1. The summed E-state index contributed by atoms with van der Waals surface area (Å²) in [5.74, 6) is 3.80. The summed E-state index contributed by atoms with van der Waals surface area (Å²) in [7, 11) is 0. The van der Waals surface area contributed by atoms with Gasteiger partial charge in [-0.3, -0.25) is 10.1 Å². The molecule has 7 nitrogen and oxygen atoms in total. The van der Waals surface area contributed by atoms with Crippen LogP contribution < -0.4 is 19.5 Å². The fourth-order valence-electron chi connectivity index (χ4n) is 6.55. The van der Waals surface area contributed by atoms with Gasteiger partial charge in [0.15, 0.2) is 11.5 Å².